The summed E-state index contributed by atoms with van der Waals surface area (Å²) in [5, 5.41) is 8.74. The molecule has 1 unspecified atom stereocenters. The van der Waals surface area contributed by atoms with Gasteiger partial charge in [-0.05, 0) is 36.5 Å². The molecule has 1 aromatic rings. The number of hydrogen-bond acceptors (Lipinski definition) is 1. The lowest BCUT2D eigenvalue weighted by molar-refractivity contribution is 0.588. The highest BCUT2D eigenvalue weighted by Crippen LogP contribution is 2.25. The van der Waals surface area contributed by atoms with E-state index in [0.717, 1.165) is 24.8 Å². The van der Waals surface area contributed by atoms with Gasteiger partial charge in [0.1, 0.15) is 11.9 Å². The standard InChI is InChI=1S/C13H16FN/c1-3-5-10(4-2)11-6-7-13(14)12(8-11)9-15/h6-8,10H,3-5H2,1-2H3. The third-order valence-corrected chi connectivity index (χ3v) is 2.71. The summed E-state index contributed by atoms with van der Waals surface area (Å²) in [6, 6.07) is 6.75. The Hall–Kier alpha value is -1.36. The van der Waals surface area contributed by atoms with Crippen LogP contribution in [0.15, 0.2) is 18.2 Å². The largest absolute Gasteiger partial charge is 0.206 e. The maximum atomic E-state index is 13.1. The molecule has 0 amide bonds. The molecular formula is C13H16FN. The van der Waals surface area contributed by atoms with Crippen molar-refractivity contribution in [3.05, 3.63) is 35.1 Å². The van der Waals surface area contributed by atoms with E-state index in [1.54, 1.807) is 12.1 Å². The topological polar surface area (TPSA) is 23.8 Å². The Kier molecular flexibility index (Phi) is 4.30. The minimum absolute atomic E-state index is 0.155. The second-order valence-electron chi connectivity index (χ2n) is 3.74. The first-order valence-electron chi connectivity index (χ1n) is 5.42. The van der Waals surface area contributed by atoms with Crippen LogP contribution in [0.4, 0.5) is 4.39 Å². The molecule has 1 rings (SSSR count). The van der Waals surface area contributed by atoms with E-state index in [9.17, 15) is 4.39 Å². The number of nitriles is 1. The first kappa shape index (κ1) is 11.7. The van der Waals surface area contributed by atoms with E-state index in [-0.39, 0.29) is 5.56 Å². The molecule has 0 radical (unpaired) electrons. The summed E-state index contributed by atoms with van der Waals surface area (Å²) >= 11 is 0. The second kappa shape index (κ2) is 5.50. The second-order valence-corrected chi connectivity index (χ2v) is 3.74. The number of halogens is 1. The van der Waals surface area contributed by atoms with Gasteiger partial charge in [-0.15, -0.1) is 0 Å². The van der Waals surface area contributed by atoms with Crippen LogP contribution in [0.25, 0.3) is 0 Å². The molecule has 2 heteroatoms. The van der Waals surface area contributed by atoms with Gasteiger partial charge in [0, 0.05) is 0 Å². The summed E-state index contributed by atoms with van der Waals surface area (Å²) in [6.07, 6.45) is 3.23. The van der Waals surface area contributed by atoms with Gasteiger partial charge in [0.2, 0.25) is 0 Å². The van der Waals surface area contributed by atoms with Crippen LogP contribution in [0.1, 0.15) is 50.2 Å². The molecule has 0 spiro atoms. The molecule has 80 valence electrons. The highest BCUT2D eigenvalue weighted by molar-refractivity contribution is 5.35. The van der Waals surface area contributed by atoms with Gasteiger partial charge in [-0.3, -0.25) is 0 Å². The Labute approximate surface area is 90.5 Å². The quantitative estimate of drug-likeness (QED) is 0.729. The third-order valence-electron chi connectivity index (χ3n) is 2.71. The average molecular weight is 205 g/mol. The molecule has 0 aliphatic carbocycles. The first-order valence-corrected chi connectivity index (χ1v) is 5.42. The predicted octanol–water partition coefficient (Wildman–Crippen LogP) is 3.99. The number of hydrogen-bond donors (Lipinski definition) is 0. The van der Waals surface area contributed by atoms with Crippen molar-refractivity contribution in [2.24, 2.45) is 0 Å². The fourth-order valence-corrected chi connectivity index (χ4v) is 1.84. The molecule has 0 saturated carbocycles. The Morgan fingerprint density at radius 2 is 2.13 bits per heavy atom. The van der Waals surface area contributed by atoms with E-state index in [1.165, 1.54) is 6.07 Å². The normalized spacial score (nSPS) is 12.1. The SMILES string of the molecule is CCCC(CC)c1ccc(F)c(C#N)c1. The molecule has 1 nitrogen and oxygen atoms in total. The molecule has 0 heterocycles. The van der Waals surface area contributed by atoms with Crippen molar-refractivity contribution < 1.29 is 4.39 Å². The zero-order valence-electron chi connectivity index (χ0n) is 9.26. The van der Waals surface area contributed by atoms with Crippen LogP contribution in [0, 0.1) is 17.1 Å². The van der Waals surface area contributed by atoms with E-state index in [2.05, 4.69) is 13.8 Å². The van der Waals surface area contributed by atoms with Crippen LogP contribution >= 0.6 is 0 Å². The highest BCUT2D eigenvalue weighted by atomic mass is 19.1. The Morgan fingerprint density at radius 3 is 2.67 bits per heavy atom. The van der Waals surface area contributed by atoms with Crippen LogP contribution in [0.5, 0.6) is 0 Å². The van der Waals surface area contributed by atoms with Gasteiger partial charge in [-0.1, -0.05) is 26.3 Å². The average Bonchev–Trinajstić information content (AvgIpc) is 2.27. The maximum Gasteiger partial charge on any atom is 0.140 e. The zero-order chi connectivity index (χ0) is 11.3. The molecule has 0 aromatic heterocycles. The fraction of sp³-hybridized carbons (Fsp3) is 0.462. The fourth-order valence-electron chi connectivity index (χ4n) is 1.84. The third kappa shape index (κ3) is 2.79. The number of benzene rings is 1. The molecule has 0 fully saturated rings. The van der Waals surface area contributed by atoms with E-state index < -0.39 is 5.82 Å². The van der Waals surface area contributed by atoms with E-state index >= 15 is 0 Å². The number of rotatable bonds is 4. The lowest BCUT2D eigenvalue weighted by Crippen LogP contribution is -1.98. The smallest absolute Gasteiger partial charge is 0.140 e. The molecule has 1 aromatic carbocycles. The molecule has 15 heavy (non-hydrogen) atoms. The van der Waals surface area contributed by atoms with Gasteiger partial charge >= 0.3 is 0 Å². The summed E-state index contributed by atoms with van der Waals surface area (Å²) in [6.45, 7) is 4.26. The van der Waals surface area contributed by atoms with Crippen molar-refractivity contribution in [1.29, 1.82) is 5.26 Å². The van der Waals surface area contributed by atoms with Crippen molar-refractivity contribution in [2.45, 2.75) is 39.0 Å². The molecule has 0 aliphatic rings. The van der Waals surface area contributed by atoms with Gasteiger partial charge in [0.15, 0.2) is 0 Å². The van der Waals surface area contributed by atoms with Gasteiger partial charge in [-0.25, -0.2) is 4.39 Å². The van der Waals surface area contributed by atoms with Gasteiger partial charge < -0.3 is 0 Å². The molecule has 0 saturated heterocycles. The van der Waals surface area contributed by atoms with Gasteiger partial charge in [-0.2, -0.15) is 5.26 Å². The summed E-state index contributed by atoms with van der Waals surface area (Å²) in [5.74, 6) is 0.0234. The van der Waals surface area contributed by atoms with E-state index in [0.29, 0.717) is 5.92 Å². The van der Waals surface area contributed by atoms with Gasteiger partial charge in [0.25, 0.3) is 0 Å². The van der Waals surface area contributed by atoms with Crippen LogP contribution in [-0.2, 0) is 0 Å². The highest BCUT2D eigenvalue weighted by Gasteiger charge is 2.10. The minimum Gasteiger partial charge on any atom is -0.206 e. The molecule has 0 aliphatic heterocycles. The van der Waals surface area contributed by atoms with Crippen LogP contribution in [-0.4, -0.2) is 0 Å². The van der Waals surface area contributed by atoms with E-state index in [1.807, 2.05) is 6.07 Å². The van der Waals surface area contributed by atoms with Crippen LogP contribution in [0.3, 0.4) is 0 Å². The monoisotopic (exact) mass is 205 g/mol. The zero-order valence-corrected chi connectivity index (χ0v) is 9.26. The summed E-state index contributed by atoms with van der Waals surface area (Å²) in [4.78, 5) is 0. The lowest BCUT2D eigenvalue weighted by atomic mass is 9.91. The summed E-state index contributed by atoms with van der Waals surface area (Å²) in [7, 11) is 0. The summed E-state index contributed by atoms with van der Waals surface area (Å²) < 4.78 is 13.1. The van der Waals surface area contributed by atoms with E-state index in [4.69, 9.17) is 5.26 Å². The van der Waals surface area contributed by atoms with Crippen molar-refractivity contribution in [2.75, 3.05) is 0 Å². The molecule has 1 atom stereocenters. The minimum atomic E-state index is -0.424. The molecule has 0 N–H and O–H groups in total. The van der Waals surface area contributed by atoms with Crippen molar-refractivity contribution in [3.8, 4) is 6.07 Å². The maximum absolute atomic E-state index is 13.1. The lowest BCUT2D eigenvalue weighted by Gasteiger charge is -2.14. The van der Waals surface area contributed by atoms with Gasteiger partial charge in [0.05, 0.1) is 5.56 Å². The number of nitrogens with zero attached hydrogens (tertiary/aromatic N) is 1. The Balaban J connectivity index is 2.99. The van der Waals surface area contributed by atoms with Crippen molar-refractivity contribution in [3.63, 3.8) is 0 Å². The summed E-state index contributed by atoms with van der Waals surface area (Å²) in [5.41, 5.74) is 1.24. The Morgan fingerprint density at radius 1 is 1.40 bits per heavy atom. The first-order chi connectivity index (χ1) is 7.22. The van der Waals surface area contributed by atoms with Crippen LogP contribution in [0.2, 0.25) is 0 Å². The van der Waals surface area contributed by atoms with Crippen molar-refractivity contribution >= 4 is 0 Å². The molecular weight excluding hydrogens is 189 g/mol. The predicted molar refractivity (Wildman–Crippen MR) is 59.1 cm³/mol. The van der Waals surface area contributed by atoms with Crippen LogP contribution < -0.4 is 0 Å². The van der Waals surface area contributed by atoms with Crippen molar-refractivity contribution in [1.82, 2.24) is 0 Å². The Bertz CT molecular complexity index is 365. The molecule has 0 bridgehead atoms.